The summed E-state index contributed by atoms with van der Waals surface area (Å²) in [6, 6.07) is 0. The third kappa shape index (κ3) is 2.49. The van der Waals surface area contributed by atoms with Gasteiger partial charge in [0, 0.05) is 0 Å². The van der Waals surface area contributed by atoms with Crippen molar-refractivity contribution in [3.05, 3.63) is 0 Å². The van der Waals surface area contributed by atoms with Crippen LogP contribution < -0.4 is 0 Å². The summed E-state index contributed by atoms with van der Waals surface area (Å²) in [4.78, 5) is 0. The smallest absolute Gasteiger partial charge is 0.0326 e. The Hall–Kier alpha value is 0. The second-order valence-electron chi connectivity index (χ2n) is 8.26. The van der Waals surface area contributed by atoms with Gasteiger partial charge in [0.1, 0.15) is 0 Å². The van der Waals surface area contributed by atoms with E-state index in [-0.39, 0.29) is 0 Å². The Balaban J connectivity index is 1.86. The van der Waals surface area contributed by atoms with Gasteiger partial charge in [0.05, 0.1) is 0 Å². The Morgan fingerprint density at radius 1 is 0.889 bits per heavy atom. The fourth-order valence-corrected chi connectivity index (χ4v) is 5.24. The van der Waals surface area contributed by atoms with Crippen molar-refractivity contribution in [2.24, 2.45) is 53.3 Å². The lowest BCUT2D eigenvalue weighted by Gasteiger charge is -2.47. The van der Waals surface area contributed by atoms with Crippen LogP contribution in [-0.2, 0) is 0 Å². The van der Waals surface area contributed by atoms with Crippen molar-refractivity contribution in [2.75, 3.05) is 0 Å². The van der Waals surface area contributed by atoms with Crippen LogP contribution in [0, 0.1) is 53.3 Å². The lowest BCUT2D eigenvalue weighted by molar-refractivity contribution is 0.0249. The van der Waals surface area contributed by atoms with Gasteiger partial charge in [-0.15, -0.1) is 0 Å². The molecule has 2 rings (SSSR count). The Morgan fingerprint density at radius 3 is 1.89 bits per heavy atom. The van der Waals surface area contributed by atoms with Gasteiger partial charge in [-0.05, 0) is 66.1 Å². The van der Waals surface area contributed by atoms with E-state index in [1.807, 2.05) is 0 Å². The topological polar surface area (TPSA) is 0 Å². The van der Waals surface area contributed by atoms with Gasteiger partial charge in [0.2, 0.25) is 0 Å². The van der Waals surface area contributed by atoms with Gasteiger partial charge in [0.25, 0.3) is 0 Å². The summed E-state index contributed by atoms with van der Waals surface area (Å²) in [5.41, 5.74) is 0. The van der Waals surface area contributed by atoms with Crippen LogP contribution in [0.5, 0.6) is 0 Å². The van der Waals surface area contributed by atoms with Gasteiger partial charge < -0.3 is 0 Å². The zero-order valence-electron chi connectivity index (χ0n) is 13.6. The molecule has 0 aromatic rings. The summed E-state index contributed by atoms with van der Waals surface area (Å²) in [5, 5.41) is 0. The zero-order valence-corrected chi connectivity index (χ0v) is 13.6. The van der Waals surface area contributed by atoms with Crippen molar-refractivity contribution < 1.29 is 0 Å². The van der Waals surface area contributed by atoms with Crippen molar-refractivity contribution in [2.45, 2.75) is 61.3 Å². The van der Waals surface area contributed by atoms with Gasteiger partial charge in [0.15, 0.2) is 0 Å². The molecule has 2 aliphatic rings. The molecule has 0 aliphatic heterocycles. The zero-order chi connectivity index (χ0) is 13.6. The Bertz CT molecular complexity index is 278. The van der Waals surface area contributed by atoms with Gasteiger partial charge in [-0.2, -0.15) is 0 Å². The first-order valence-electron chi connectivity index (χ1n) is 8.34. The van der Waals surface area contributed by atoms with Crippen molar-refractivity contribution in [3.63, 3.8) is 0 Å². The highest BCUT2D eigenvalue weighted by atomic mass is 14.6. The van der Waals surface area contributed by atoms with E-state index in [2.05, 4.69) is 48.5 Å². The molecular formula is C18H34. The van der Waals surface area contributed by atoms with E-state index in [1.165, 1.54) is 12.8 Å². The molecule has 0 nitrogen and oxygen atoms in total. The molecule has 7 atom stereocenters. The van der Waals surface area contributed by atoms with E-state index in [0.29, 0.717) is 0 Å². The van der Waals surface area contributed by atoms with Gasteiger partial charge in [-0.1, -0.05) is 48.5 Å². The van der Waals surface area contributed by atoms with E-state index in [9.17, 15) is 0 Å². The molecule has 0 aromatic carbocycles. The summed E-state index contributed by atoms with van der Waals surface area (Å²) in [6.45, 7) is 17.2. The van der Waals surface area contributed by atoms with Crippen LogP contribution >= 0.6 is 0 Å². The van der Waals surface area contributed by atoms with Crippen molar-refractivity contribution >= 4 is 0 Å². The van der Waals surface area contributed by atoms with Crippen molar-refractivity contribution in [3.8, 4) is 0 Å². The molecule has 0 heterocycles. The van der Waals surface area contributed by atoms with Crippen LogP contribution in [0.15, 0.2) is 0 Å². The highest BCUT2D eigenvalue weighted by Crippen LogP contribution is 2.58. The summed E-state index contributed by atoms with van der Waals surface area (Å²) in [7, 11) is 0. The van der Waals surface area contributed by atoms with Gasteiger partial charge in [-0.25, -0.2) is 0 Å². The van der Waals surface area contributed by atoms with Gasteiger partial charge in [-0.3, -0.25) is 0 Å². The molecule has 7 unspecified atom stereocenters. The van der Waals surface area contributed by atoms with Crippen LogP contribution in [0.4, 0.5) is 0 Å². The molecule has 0 saturated heterocycles. The normalized spacial score (nSPS) is 45.2. The average Bonchev–Trinajstić information content (AvgIpc) is 2.94. The predicted molar refractivity (Wildman–Crippen MR) is 80.4 cm³/mol. The maximum atomic E-state index is 2.53. The molecule has 0 radical (unpaired) electrons. The van der Waals surface area contributed by atoms with E-state index >= 15 is 0 Å². The Kier molecular flexibility index (Phi) is 4.14. The SMILES string of the molecule is CC(C)C1CC(C)C1CC(C)C1C(C)C1C(C)C. The highest BCUT2D eigenvalue weighted by Gasteiger charge is 2.52. The molecule has 2 aliphatic carbocycles. The lowest BCUT2D eigenvalue weighted by Crippen LogP contribution is -2.39. The molecule has 2 fully saturated rings. The summed E-state index contributed by atoms with van der Waals surface area (Å²) < 4.78 is 0. The number of hydrogen-bond acceptors (Lipinski definition) is 0. The summed E-state index contributed by atoms with van der Waals surface area (Å²) in [6.07, 6.45) is 2.99. The monoisotopic (exact) mass is 250 g/mol. The number of hydrogen-bond donors (Lipinski definition) is 0. The fraction of sp³-hybridized carbons (Fsp3) is 1.00. The van der Waals surface area contributed by atoms with Crippen molar-refractivity contribution in [1.29, 1.82) is 0 Å². The standard InChI is InChI=1S/C18H34/c1-10(2)15-8-12(5)16(15)9-13(6)18-14(7)17(18)11(3)4/h10-18H,8-9H2,1-7H3. The molecule has 0 heteroatoms. The fourth-order valence-electron chi connectivity index (χ4n) is 5.24. The maximum Gasteiger partial charge on any atom is -0.0326 e. The first-order valence-corrected chi connectivity index (χ1v) is 8.34. The van der Waals surface area contributed by atoms with Crippen molar-refractivity contribution in [1.82, 2.24) is 0 Å². The quantitative estimate of drug-likeness (QED) is 0.606. The molecule has 2 saturated carbocycles. The molecule has 0 bridgehead atoms. The van der Waals surface area contributed by atoms with Crippen LogP contribution in [0.25, 0.3) is 0 Å². The maximum absolute atomic E-state index is 2.53. The minimum absolute atomic E-state index is 0.896. The molecule has 106 valence electrons. The van der Waals surface area contributed by atoms with E-state index in [1.54, 1.807) is 0 Å². The molecule has 0 N–H and O–H groups in total. The number of rotatable bonds is 5. The van der Waals surface area contributed by atoms with Crippen LogP contribution in [0.3, 0.4) is 0 Å². The summed E-state index contributed by atoms with van der Waals surface area (Å²) >= 11 is 0. The molecule has 0 amide bonds. The van der Waals surface area contributed by atoms with E-state index < -0.39 is 0 Å². The largest absolute Gasteiger partial charge is 0.0625 e. The minimum atomic E-state index is 0.896. The minimum Gasteiger partial charge on any atom is -0.0625 e. The first-order chi connectivity index (χ1) is 8.34. The molecular weight excluding hydrogens is 216 g/mol. The summed E-state index contributed by atoms with van der Waals surface area (Å²) in [5.74, 6) is 8.84. The van der Waals surface area contributed by atoms with E-state index in [4.69, 9.17) is 0 Å². The Morgan fingerprint density at radius 2 is 1.50 bits per heavy atom. The lowest BCUT2D eigenvalue weighted by atomic mass is 9.58. The van der Waals surface area contributed by atoms with Crippen LogP contribution in [-0.4, -0.2) is 0 Å². The predicted octanol–water partition coefficient (Wildman–Crippen LogP) is 5.48. The first kappa shape index (κ1) is 14.4. The average molecular weight is 250 g/mol. The second-order valence-corrected chi connectivity index (χ2v) is 8.26. The van der Waals surface area contributed by atoms with Crippen LogP contribution in [0.2, 0.25) is 0 Å². The molecule has 0 aromatic heterocycles. The third-order valence-electron chi connectivity index (χ3n) is 6.37. The second kappa shape index (κ2) is 5.17. The van der Waals surface area contributed by atoms with E-state index in [0.717, 1.165) is 53.3 Å². The molecule has 18 heavy (non-hydrogen) atoms. The highest BCUT2D eigenvalue weighted by molar-refractivity contribution is 5.00. The molecule has 0 spiro atoms. The van der Waals surface area contributed by atoms with Gasteiger partial charge >= 0.3 is 0 Å². The van der Waals surface area contributed by atoms with Crippen LogP contribution in [0.1, 0.15) is 61.3 Å². The Labute approximate surface area is 115 Å². The third-order valence-corrected chi connectivity index (χ3v) is 6.37.